The molecule has 0 aliphatic carbocycles. The Labute approximate surface area is 179 Å². The van der Waals surface area contributed by atoms with E-state index in [2.05, 4.69) is 10.2 Å². The molecule has 0 fully saturated rings. The molecule has 1 atom stereocenters. The number of benzene rings is 2. The number of ether oxygens (including phenoxy) is 3. The third-order valence-electron chi connectivity index (χ3n) is 4.88. The van der Waals surface area contributed by atoms with Crippen molar-refractivity contribution in [3.63, 3.8) is 0 Å². The molecular formula is C23H24N2O6. The summed E-state index contributed by atoms with van der Waals surface area (Å²) in [6.45, 7) is 3.60. The molecule has 0 bridgehead atoms. The van der Waals surface area contributed by atoms with Crippen molar-refractivity contribution in [3.05, 3.63) is 64.5 Å². The van der Waals surface area contributed by atoms with E-state index in [9.17, 15) is 9.59 Å². The number of likely N-dealkylation sites (N-methyl/N-ethyl adjacent to an activating group) is 1. The molecule has 4 rings (SSSR count). The van der Waals surface area contributed by atoms with Gasteiger partial charge in [0.15, 0.2) is 11.5 Å². The van der Waals surface area contributed by atoms with Gasteiger partial charge in [-0.1, -0.05) is 12.1 Å². The predicted octanol–water partition coefficient (Wildman–Crippen LogP) is 3.63. The van der Waals surface area contributed by atoms with Crippen molar-refractivity contribution in [1.82, 2.24) is 4.90 Å². The third kappa shape index (κ3) is 4.97. The SMILES string of the molecule is CCOC(=O)Nc1ccc2c(CN(C)CC3COc4ccccc4O3)cc(=O)oc2c1. The summed E-state index contributed by atoms with van der Waals surface area (Å²) < 4.78 is 22.0. The zero-order chi connectivity index (χ0) is 21.8. The number of rotatable bonds is 6. The van der Waals surface area contributed by atoms with Crippen LogP contribution in [0.15, 0.2) is 57.7 Å². The molecule has 2 aromatic carbocycles. The monoisotopic (exact) mass is 424 g/mol. The van der Waals surface area contributed by atoms with E-state index >= 15 is 0 Å². The number of para-hydroxylation sites is 2. The van der Waals surface area contributed by atoms with Crippen LogP contribution in [-0.4, -0.2) is 43.9 Å². The van der Waals surface area contributed by atoms with Crippen molar-refractivity contribution >= 4 is 22.7 Å². The standard InChI is InChI=1S/C23H24N2O6/c1-3-28-23(27)24-16-8-9-18-15(10-22(26)31-21(18)11-16)12-25(2)13-17-14-29-19-6-4-5-7-20(19)30-17/h4-11,17H,3,12-14H2,1-2H3,(H,24,27). The lowest BCUT2D eigenvalue weighted by molar-refractivity contribution is 0.0639. The van der Waals surface area contributed by atoms with E-state index < -0.39 is 11.7 Å². The minimum Gasteiger partial charge on any atom is -0.486 e. The molecule has 31 heavy (non-hydrogen) atoms. The van der Waals surface area contributed by atoms with Gasteiger partial charge in [0, 0.05) is 36.3 Å². The molecule has 1 N–H and O–H groups in total. The van der Waals surface area contributed by atoms with Gasteiger partial charge in [-0.15, -0.1) is 0 Å². The van der Waals surface area contributed by atoms with Gasteiger partial charge in [0.2, 0.25) is 0 Å². The van der Waals surface area contributed by atoms with Crippen LogP contribution in [0.5, 0.6) is 11.5 Å². The summed E-state index contributed by atoms with van der Waals surface area (Å²) in [5.74, 6) is 1.49. The number of fused-ring (bicyclic) bond motifs is 2. The lowest BCUT2D eigenvalue weighted by atomic mass is 10.1. The quantitative estimate of drug-likeness (QED) is 0.604. The molecule has 0 saturated carbocycles. The molecule has 1 aliphatic rings. The lowest BCUT2D eigenvalue weighted by Crippen LogP contribution is -2.39. The first-order valence-corrected chi connectivity index (χ1v) is 10.1. The summed E-state index contributed by atoms with van der Waals surface area (Å²) in [4.78, 5) is 25.8. The molecule has 3 aromatic rings. The summed E-state index contributed by atoms with van der Waals surface area (Å²) in [6, 6.07) is 14.3. The topological polar surface area (TPSA) is 90.2 Å². The largest absolute Gasteiger partial charge is 0.486 e. The van der Waals surface area contributed by atoms with Crippen LogP contribution < -0.4 is 20.4 Å². The summed E-state index contributed by atoms with van der Waals surface area (Å²) in [5.41, 5.74) is 1.27. The Morgan fingerprint density at radius 3 is 2.81 bits per heavy atom. The molecule has 1 unspecified atom stereocenters. The van der Waals surface area contributed by atoms with Gasteiger partial charge >= 0.3 is 11.7 Å². The number of carbonyl (C=O) groups excluding carboxylic acids is 1. The Bertz CT molecular complexity index is 1140. The normalized spacial score (nSPS) is 15.1. The zero-order valence-corrected chi connectivity index (χ0v) is 17.4. The highest BCUT2D eigenvalue weighted by atomic mass is 16.6. The van der Waals surface area contributed by atoms with Crippen LogP contribution in [0.1, 0.15) is 12.5 Å². The molecular weight excluding hydrogens is 400 g/mol. The Hall–Kier alpha value is -3.52. The van der Waals surface area contributed by atoms with Gasteiger partial charge in [-0.25, -0.2) is 9.59 Å². The molecule has 1 aromatic heterocycles. The van der Waals surface area contributed by atoms with Crippen LogP contribution >= 0.6 is 0 Å². The van der Waals surface area contributed by atoms with E-state index in [0.717, 1.165) is 22.4 Å². The molecule has 0 saturated heterocycles. The van der Waals surface area contributed by atoms with Gasteiger partial charge in [-0.3, -0.25) is 10.2 Å². The number of anilines is 1. The molecule has 8 nitrogen and oxygen atoms in total. The van der Waals surface area contributed by atoms with Crippen LogP contribution in [0, 0.1) is 0 Å². The first-order valence-electron chi connectivity index (χ1n) is 10.1. The van der Waals surface area contributed by atoms with Crippen LogP contribution in [0.2, 0.25) is 0 Å². The van der Waals surface area contributed by atoms with E-state index in [1.165, 1.54) is 6.07 Å². The minimum atomic E-state index is -0.559. The Balaban J connectivity index is 1.47. The third-order valence-corrected chi connectivity index (χ3v) is 4.88. The van der Waals surface area contributed by atoms with Gasteiger partial charge in [-0.05, 0) is 43.8 Å². The lowest BCUT2D eigenvalue weighted by Gasteiger charge is -2.29. The van der Waals surface area contributed by atoms with Crippen molar-refractivity contribution in [1.29, 1.82) is 0 Å². The maximum atomic E-state index is 12.1. The average Bonchev–Trinajstić information content (AvgIpc) is 2.73. The van der Waals surface area contributed by atoms with E-state index in [1.807, 2.05) is 37.4 Å². The first kappa shape index (κ1) is 20.7. The number of nitrogens with zero attached hydrogens (tertiary/aromatic N) is 1. The second-order valence-electron chi connectivity index (χ2n) is 7.34. The van der Waals surface area contributed by atoms with Crippen molar-refractivity contribution in [2.75, 3.05) is 32.1 Å². The Kier molecular flexibility index (Phi) is 6.08. The van der Waals surface area contributed by atoms with E-state index in [-0.39, 0.29) is 12.7 Å². The van der Waals surface area contributed by atoms with Crippen molar-refractivity contribution in [2.24, 2.45) is 0 Å². The highest BCUT2D eigenvalue weighted by Gasteiger charge is 2.22. The fourth-order valence-electron chi connectivity index (χ4n) is 3.58. The van der Waals surface area contributed by atoms with Crippen LogP contribution in [0.3, 0.4) is 0 Å². The summed E-state index contributed by atoms with van der Waals surface area (Å²) >= 11 is 0. The average molecular weight is 424 g/mol. The van der Waals surface area contributed by atoms with Gasteiger partial charge in [-0.2, -0.15) is 0 Å². The maximum absolute atomic E-state index is 12.1. The summed E-state index contributed by atoms with van der Waals surface area (Å²) in [5, 5.41) is 3.41. The summed E-state index contributed by atoms with van der Waals surface area (Å²) in [6.07, 6.45) is -0.678. The fraction of sp³-hybridized carbons (Fsp3) is 0.304. The highest BCUT2D eigenvalue weighted by Crippen LogP contribution is 2.31. The fourth-order valence-corrected chi connectivity index (χ4v) is 3.58. The van der Waals surface area contributed by atoms with E-state index in [4.69, 9.17) is 18.6 Å². The first-order chi connectivity index (χ1) is 15.0. The van der Waals surface area contributed by atoms with Crippen molar-refractivity contribution < 1.29 is 23.4 Å². The van der Waals surface area contributed by atoms with Gasteiger partial charge in [0.05, 0.1) is 6.61 Å². The van der Waals surface area contributed by atoms with Crippen molar-refractivity contribution in [2.45, 2.75) is 19.6 Å². The van der Waals surface area contributed by atoms with E-state index in [1.54, 1.807) is 19.1 Å². The molecule has 162 valence electrons. The Morgan fingerprint density at radius 1 is 1.19 bits per heavy atom. The molecule has 8 heteroatoms. The van der Waals surface area contributed by atoms with Crippen LogP contribution in [0.4, 0.5) is 10.5 Å². The van der Waals surface area contributed by atoms with Gasteiger partial charge in [0.1, 0.15) is 18.3 Å². The highest BCUT2D eigenvalue weighted by molar-refractivity contribution is 5.89. The number of nitrogens with one attached hydrogen (secondary N) is 1. The van der Waals surface area contributed by atoms with Crippen molar-refractivity contribution in [3.8, 4) is 11.5 Å². The number of carbonyl (C=O) groups is 1. The minimum absolute atomic E-state index is 0.119. The molecule has 1 amide bonds. The number of hydrogen-bond acceptors (Lipinski definition) is 7. The molecule has 2 heterocycles. The second kappa shape index (κ2) is 9.09. The molecule has 1 aliphatic heterocycles. The van der Waals surface area contributed by atoms with E-state index in [0.29, 0.717) is 31.0 Å². The van der Waals surface area contributed by atoms with Gasteiger partial charge < -0.3 is 18.6 Å². The second-order valence-corrected chi connectivity index (χ2v) is 7.34. The summed E-state index contributed by atoms with van der Waals surface area (Å²) in [7, 11) is 1.96. The predicted molar refractivity (Wildman–Crippen MR) is 116 cm³/mol. The van der Waals surface area contributed by atoms with Crippen LogP contribution in [0.25, 0.3) is 11.0 Å². The Morgan fingerprint density at radius 2 is 2.00 bits per heavy atom. The zero-order valence-electron chi connectivity index (χ0n) is 17.4. The molecule has 0 radical (unpaired) electrons. The number of amides is 1. The maximum Gasteiger partial charge on any atom is 0.411 e. The number of hydrogen-bond donors (Lipinski definition) is 1. The van der Waals surface area contributed by atoms with Gasteiger partial charge in [0.25, 0.3) is 0 Å². The molecule has 0 spiro atoms. The smallest absolute Gasteiger partial charge is 0.411 e. The van der Waals surface area contributed by atoms with Crippen LogP contribution in [-0.2, 0) is 11.3 Å².